The molecule has 6 heteroatoms. The third-order valence-electron chi connectivity index (χ3n) is 3.09. The van der Waals surface area contributed by atoms with Gasteiger partial charge >= 0.3 is 6.01 Å². The Morgan fingerprint density at radius 3 is 2.83 bits per heavy atom. The zero-order chi connectivity index (χ0) is 15.9. The molecular weight excluding hydrogens is 310 g/mol. The SMILES string of the molecule is O=C(CCc1ccsc1)Nc1cccc(Oc2ncccn2)c1. The number of aromatic nitrogens is 2. The number of carbonyl (C=O) groups excluding carboxylic acids is 1. The van der Waals surface area contributed by atoms with Crippen LogP contribution in [-0.4, -0.2) is 15.9 Å². The highest BCUT2D eigenvalue weighted by molar-refractivity contribution is 7.07. The van der Waals surface area contributed by atoms with Crippen molar-refractivity contribution in [3.8, 4) is 11.8 Å². The fraction of sp³-hybridized carbons (Fsp3) is 0.118. The quantitative estimate of drug-likeness (QED) is 0.746. The van der Waals surface area contributed by atoms with Crippen LogP contribution in [0.25, 0.3) is 0 Å². The molecule has 0 saturated carbocycles. The van der Waals surface area contributed by atoms with Gasteiger partial charge in [0.2, 0.25) is 5.91 Å². The zero-order valence-electron chi connectivity index (χ0n) is 12.3. The lowest BCUT2D eigenvalue weighted by atomic mass is 10.2. The van der Waals surface area contributed by atoms with Crippen molar-refractivity contribution >= 4 is 22.9 Å². The zero-order valence-corrected chi connectivity index (χ0v) is 13.1. The van der Waals surface area contributed by atoms with E-state index in [1.54, 1.807) is 41.9 Å². The number of hydrogen-bond donors (Lipinski definition) is 1. The van der Waals surface area contributed by atoms with E-state index in [0.29, 0.717) is 17.9 Å². The number of amides is 1. The van der Waals surface area contributed by atoms with Gasteiger partial charge in [-0.05, 0) is 47.0 Å². The Balaban J connectivity index is 1.57. The van der Waals surface area contributed by atoms with Gasteiger partial charge in [-0.15, -0.1) is 0 Å². The average molecular weight is 325 g/mol. The maximum Gasteiger partial charge on any atom is 0.321 e. The number of rotatable bonds is 6. The van der Waals surface area contributed by atoms with Gasteiger partial charge in [0.25, 0.3) is 0 Å². The number of thiophene rings is 1. The van der Waals surface area contributed by atoms with Crippen molar-refractivity contribution in [2.45, 2.75) is 12.8 Å². The number of nitrogens with one attached hydrogen (secondary N) is 1. The van der Waals surface area contributed by atoms with Crippen molar-refractivity contribution in [3.05, 3.63) is 65.1 Å². The van der Waals surface area contributed by atoms with Crippen molar-refractivity contribution < 1.29 is 9.53 Å². The van der Waals surface area contributed by atoms with Crippen molar-refractivity contribution in [3.63, 3.8) is 0 Å². The summed E-state index contributed by atoms with van der Waals surface area (Å²) < 4.78 is 5.55. The molecule has 1 amide bonds. The number of nitrogens with zero attached hydrogens (tertiary/aromatic N) is 2. The normalized spacial score (nSPS) is 10.3. The summed E-state index contributed by atoms with van der Waals surface area (Å²) in [6, 6.07) is 11.2. The molecule has 0 radical (unpaired) electrons. The number of hydrogen-bond acceptors (Lipinski definition) is 5. The van der Waals surface area contributed by atoms with Crippen LogP contribution in [0.1, 0.15) is 12.0 Å². The molecule has 0 aliphatic heterocycles. The van der Waals surface area contributed by atoms with E-state index >= 15 is 0 Å². The minimum Gasteiger partial charge on any atom is -0.424 e. The van der Waals surface area contributed by atoms with Gasteiger partial charge in [-0.2, -0.15) is 11.3 Å². The van der Waals surface area contributed by atoms with Gasteiger partial charge in [0.05, 0.1) is 0 Å². The van der Waals surface area contributed by atoms with E-state index in [0.717, 1.165) is 6.42 Å². The van der Waals surface area contributed by atoms with Gasteiger partial charge in [0, 0.05) is 30.6 Å². The molecule has 3 aromatic rings. The number of anilines is 1. The smallest absolute Gasteiger partial charge is 0.321 e. The minimum absolute atomic E-state index is 0.0238. The first kappa shape index (κ1) is 15.2. The van der Waals surface area contributed by atoms with Crippen LogP contribution in [-0.2, 0) is 11.2 Å². The molecular formula is C17H15N3O2S. The predicted molar refractivity (Wildman–Crippen MR) is 89.8 cm³/mol. The van der Waals surface area contributed by atoms with E-state index in [4.69, 9.17) is 4.74 Å². The molecule has 1 aromatic carbocycles. The number of carbonyl (C=O) groups is 1. The summed E-state index contributed by atoms with van der Waals surface area (Å²) in [4.78, 5) is 20.0. The van der Waals surface area contributed by atoms with Crippen molar-refractivity contribution in [1.29, 1.82) is 0 Å². The van der Waals surface area contributed by atoms with Crippen LogP contribution >= 0.6 is 11.3 Å². The van der Waals surface area contributed by atoms with E-state index in [1.165, 1.54) is 5.56 Å². The molecule has 0 unspecified atom stereocenters. The molecule has 0 saturated heterocycles. The Morgan fingerprint density at radius 2 is 2.04 bits per heavy atom. The Bertz CT molecular complexity index is 761. The molecule has 0 atom stereocenters. The highest BCUT2D eigenvalue weighted by Crippen LogP contribution is 2.21. The van der Waals surface area contributed by atoms with Gasteiger partial charge in [0.1, 0.15) is 5.75 Å². The average Bonchev–Trinajstić information content (AvgIpc) is 3.08. The van der Waals surface area contributed by atoms with E-state index in [2.05, 4.69) is 20.7 Å². The van der Waals surface area contributed by atoms with Crippen LogP contribution in [0.5, 0.6) is 11.8 Å². The lowest BCUT2D eigenvalue weighted by Crippen LogP contribution is -2.12. The highest BCUT2D eigenvalue weighted by atomic mass is 32.1. The Labute approximate surface area is 138 Å². The van der Waals surface area contributed by atoms with E-state index < -0.39 is 0 Å². The molecule has 0 fully saturated rings. The minimum atomic E-state index is -0.0238. The van der Waals surface area contributed by atoms with Crippen molar-refractivity contribution in [1.82, 2.24) is 9.97 Å². The summed E-state index contributed by atoms with van der Waals surface area (Å²) in [6.07, 6.45) is 4.41. The number of aryl methyl sites for hydroxylation is 1. The summed E-state index contributed by atoms with van der Waals surface area (Å²) >= 11 is 1.64. The second-order valence-electron chi connectivity index (χ2n) is 4.84. The lowest BCUT2D eigenvalue weighted by molar-refractivity contribution is -0.116. The third kappa shape index (κ3) is 4.62. The second kappa shape index (κ2) is 7.51. The molecule has 2 heterocycles. The maximum absolute atomic E-state index is 12.0. The van der Waals surface area contributed by atoms with Gasteiger partial charge in [-0.3, -0.25) is 4.79 Å². The highest BCUT2D eigenvalue weighted by Gasteiger charge is 2.05. The van der Waals surface area contributed by atoms with Crippen LogP contribution in [0, 0.1) is 0 Å². The van der Waals surface area contributed by atoms with Crippen LogP contribution in [0.2, 0.25) is 0 Å². The summed E-state index contributed by atoms with van der Waals surface area (Å²) in [5.41, 5.74) is 1.87. The summed E-state index contributed by atoms with van der Waals surface area (Å²) in [5, 5.41) is 6.94. The molecule has 0 aliphatic carbocycles. The van der Waals surface area contributed by atoms with Gasteiger partial charge in [0.15, 0.2) is 0 Å². The fourth-order valence-electron chi connectivity index (χ4n) is 2.00. The maximum atomic E-state index is 12.0. The molecule has 0 aliphatic rings. The van der Waals surface area contributed by atoms with E-state index in [-0.39, 0.29) is 11.9 Å². The fourth-order valence-corrected chi connectivity index (χ4v) is 2.70. The van der Waals surface area contributed by atoms with Gasteiger partial charge < -0.3 is 10.1 Å². The number of ether oxygens (including phenoxy) is 1. The first-order valence-corrected chi connectivity index (χ1v) is 8.10. The second-order valence-corrected chi connectivity index (χ2v) is 5.62. The van der Waals surface area contributed by atoms with Gasteiger partial charge in [-0.1, -0.05) is 6.07 Å². The first-order chi connectivity index (χ1) is 11.3. The standard InChI is InChI=1S/C17H15N3O2S/c21-16(6-5-13-7-10-23-12-13)20-14-3-1-4-15(11-14)22-17-18-8-2-9-19-17/h1-4,7-12H,5-6H2,(H,20,21). The Kier molecular flexibility index (Phi) is 4.95. The van der Waals surface area contributed by atoms with Crippen molar-refractivity contribution in [2.24, 2.45) is 0 Å². The van der Waals surface area contributed by atoms with Crippen LogP contribution in [0.4, 0.5) is 5.69 Å². The lowest BCUT2D eigenvalue weighted by Gasteiger charge is -2.07. The summed E-state index contributed by atoms with van der Waals surface area (Å²) in [7, 11) is 0. The van der Waals surface area contributed by atoms with Gasteiger partial charge in [-0.25, -0.2) is 9.97 Å². The predicted octanol–water partition coefficient (Wildman–Crippen LogP) is 3.90. The molecule has 23 heavy (non-hydrogen) atoms. The third-order valence-corrected chi connectivity index (χ3v) is 3.82. The Hall–Kier alpha value is -2.73. The van der Waals surface area contributed by atoms with E-state index in [9.17, 15) is 4.79 Å². The number of benzene rings is 1. The molecule has 5 nitrogen and oxygen atoms in total. The van der Waals surface area contributed by atoms with Crippen LogP contribution in [0.3, 0.4) is 0 Å². The summed E-state index contributed by atoms with van der Waals surface area (Å²) in [6.45, 7) is 0. The molecule has 116 valence electrons. The largest absolute Gasteiger partial charge is 0.424 e. The molecule has 1 N–H and O–H groups in total. The van der Waals surface area contributed by atoms with Crippen LogP contribution < -0.4 is 10.1 Å². The summed E-state index contributed by atoms with van der Waals surface area (Å²) in [5.74, 6) is 0.552. The van der Waals surface area contributed by atoms with Crippen LogP contribution in [0.15, 0.2) is 59.6 Å². The molecule has 3 rings (SSSR count). The van der Waals surface area contributed by atoms with Crippen molar-refractivity contribution in [2.75, 3.05) is 5.32 Å². The Morgan fingerprint density at radius 1 is 1.17 bits per heavy atom. The monoisotopic (exact) mass is 325 g/mol. The molecule has 0 spiro atoms. The van der Waals surface area contributed by atoms with E-state index in [1.807, 2.05) is 23.6 Å². The molecule has 2 aromatic heterocycles. The first-order valence-electron chi connectivity index (χ1n) is 7.15. The molecule has 0 bridgehead atoms. The topological polar surface area (TPSA) is 64.1 Å².